The number of rotatable bonds is 6. The first-order chi connectivity index (χ1) is 7.63. The van der Waals surface area contributed by atoms with Gasteiger partial charge in [0.05, 0.1) is 6.61 Å². The molecule has 0 fully saturated rings. The van der Waals surface area contributed by atoms with Crippen molar-refractivity contribution in [3.8, 4) is 5.75 Å². The molecule has 0 aromatic heterocycles. The van der Waals surface area contributed by atoms with Crippen LogP contribution in [-0.4, -0.2) is 13.2 Å². The molecule has 0 radical (unpaired) electrons. The SMILES string of the molecule is CCOc1ccc(Cl)cc1CNCC(C)C.Cl. The molecule has 2 nitrogen and oxygen atoms in total. The summed E-state index contributed by atoms with van der Waals surface area (Å²) in [6, 6.07) is 5.75. The molecule has 0 spiro atoms. The van der Waals surface area contributed by atoms with Crippen LogP contribution in [0, 0.1) is 5.92 Å². The molecule has 0 atom stereocenters. The highest BCUT2D eigenvalue weighted by atomic mass is 35.5. The highest BCUT2D eigenvalue weighted by Crippen LogP contribution is 2.22. The van der Waals surface area contributed by atoms with Crippen molar-refractivity contribution in [2.24, 2.45) is 5.92 Å². The van der Waals surface area contributed by atoms with E-state index in [9.17, 15) is 0 Å². The van der Waals surface area contributed by atoms with Gasteiger partial charge in [-0.1, -0.05) is 25.4 Å². The molecule has 0 amide bonds. The van der Waals surface area contributed by atoms with Gasteiger partial charge in [0.15, 0.2) is 0 Å². The van der Waals surface area contributed by atoms with Crippen molar-refractivity contribution in [3.05, 3.63) is 28.8 Å². The second kappa shape index (κ2) is 8.62. The highest BCUT2D eigenvalue weighted by molar-refractivity contribution is 6.30. The number of hydrogen-bond acceptors (Lipinski definition) is 2. The van der Waals surface area contributed by atoms with Crippen LogP contribution in [0.5, 0.6) is 5.75 Å². The van der Waals surface area contributed by atoms with Gasteiger partial charge in [0.2, 0.25) is 0 Å². The fourth-order valence-electron chi connectivity index (χ4n) is 1.48. The standard InChI is InChI=1S/C13H20ClNO.ClH/c1-4-16-13-6-5-12(14)7-11(13)9-15-8-10(2)3;/h5-7,10,15H,4,8-9H2,1-3H3;1H. The Morgan fingerprint density at radius 1 is 1.35 bits per heavy atom. The van der Waals surface area contributed by atoms with Gasteiger partial charge in [-0.2, -0.15) is 0 Å². The Labute approximate surface area is 115 Å². The van der Waals surface area contributed by atoms with Crippen molar-refractivity contribution in [1.82, 2.24) is 5.32 Å². The lowest BCUT2D eigenvalue weighted by Crippen LogP contribution is -2.19. The van der Waals surface area contributed by atoms with Gasteiger partial charge >= 0.3 is 0 Å². The summed E-state index contributed by atoms with van der Waals surface area (Å²) in [5.41, 5.74) is 1.12. The Bertz CT molecular complexity index is 329. The quantitative estimate of drug-likeness (QED) is 0.852. The van der Waals surface area contributed by atoms with E-state index in [-0.39, 0.29) is 12.4 Å². The topological polar surface area (TPSA) is 21.3 Å². The van der Waals surface area contributed by atoms with Crippen LogP contribution >= 0.6 is 24.0 Å². The summed E-state index contributed by atoms with van der Waals surface area (Å²) in [7, 11) is 0. The van der Waals surface area contributed by atoms with E-state index in [0.29, 0.717) is 12.5 Å². The summed E-state index contributed by atoms with van der Waals surface area (Å²) in [6.45, 7) is 8.84. The molecule has 1 rings (SSSR count). The van der Waals surface area contributed by atoms with Gasteiger partial charge in [-0.05, 0) is 37.6 Å². The van der Waals surface area contributed by atoms with E-state index in [1.165, 1.54) is 0 Å². The van der Waals surface area contributed by atoms with E-state index in [0.717, 1.165) is 29.4 Å². The van der Waals surface area contributed by atoms with Gasteiger partial charge < -0.3 is 10.1 Å². The zero-order valence-corrected chi connectivity index (χ0v) is 12.2. The summed E-state index contributed by atoms with van der Waals surface area (Å²) in [5.74, 6) is 1.57. The van der Waals surface area contributed by atoms with Crippen molar-refractivity contribution in [3.63, 3.8) is 0 Å². The fourth-order valence-corrected chi connectivity index (χ4v) is 1.67. The van der Waals surface area contributed by atoms with E-state index < -0.39 is 0 Å². The first kappa shape index (κ1) is 16.6. The molecule has 0 aliphatic heterocycles. The van der Waals surface area contributed by atoms with Crippen LogP contribution in [0.2, 0.25) is 5.02 Å². The monoisotopic (exact) mass is 277 g/mol. The van der Waals surface area contributed by atoms with Crippen LogP contribution < -0.4 is 10.1 Å². The summed E-state index contributed by atoms with van der Waals surface area (Å²) < 4.78 is 5.55. The predicted molar refractivity (Wildman–Crippen MR) is 76.4 cm³/mol. The van der Waals surface area contributed by atoms with E-state index in [1.54, 1.807) is 0 Å². The Morgan fingerprint density at radius 3 is 2.65 bits per heavy atom. The number of hydrogen-bond donors (Lipinski definition) is 1. The third-order valence-electron chi connectivity index (χ3n) is 2.19. The molecule has 0 aliphatic rings. The molecule has 4 heteroatoms. The number of ether oxygens (including phenoxy) is 1. The first-order valence-corrected chi connectivity index (χ1v) is 6.13. The van der Waals surface area contributed by atoms with E-state index in [2.05, 4.69) is 19.2 Å². The average molecular weight is 278 g/mol. The maximum absolute atomic E-state index is 5.98. The Hall–Kier alpha value is -0.440. The van der Waals surface area contributed by atoms with Crippen LogP contribution in [0.3, 0.4) is 0 Å². The molecule has 17 heavy (non-hydrogen) atoms. The van der Waals surface area contributed by atoms with Gasteiger partial charge in [-0.3, -0.25) is 0 Å². The molecular formula is C13H21Cl2NO. The lowest BCUT2D eigenvalue weighted by Gasteiger charge is -2.12. The van der Waals surface area contributed by atoms with Crippen LogP contribution in [0.15, 0.2) is 18.2 Å². The Balaban J connectivity index is 0.00000256. The smallest absolute Gasteiger partial charge is 0.123 e. The van der Waals surface area contributed by atoms with Crippen LogP contribution in [-0.2, 0) is 6.54 Å². The first-order valence-electron chi connectivity index (χ1n) is 5.75. The van der Waals surface area contributed by atoms with Gasteiger partial charge in [0.1, 0.15) is 5.75 Å². The molecule has 0 saturated carbocycles. The largest absolute Gasteiger partial charge is 0.494 e. The van der Waals surface area contributed by atoms with Crippen molar-refractivity contribution < 1.29 is 4.74 Å². The van der Waals surface area contributed by atoms with Crippen molar-refractivity contribution >= 4 is 24.0 Å². The molecule has 1 aromatic rings. The van der Waals surface area contributed by atoms with Crippen molar-refractivity contribution in [2.45, 2.75) is 27.3 Å². The second-order valence-corrected chi connectivity index (χ2v) is 4.65. The third-order valence-corrected chi connectivity index (χ3v) is 2.43. The van der Waals surface area contributed by atoms with Gasteiger partial charge in [0.25, 0.3) is 0 Å². The lowest BCUT2D eigenvalue weighted by atomic mass is 10.2. The minimum atomic E-state index is 0. The summed E-state index contributed by atoms with van der Waals surface area (Å²) in [5, 5.41) is 4.14. The van der Waals surface area contributed by atoms with Gasteiger partial charge in [-0.25, -0.2) is 0 Å². The summed E-state index contributed by atoms with van der Waals surface area (Å²) in [4.78, 5) is 0. The minimum Gasteiger partial charge on any atom is -0.494 e. The van der Waals surface area contributed by atoms with E-state index in [4.69, 9.17) is 16.3 Å². The van der Waals surface area contributed by atoms with E-state index >= 15 is 0 Å². The van der Waals surface area contributed by atoms with Gasteiger partial charge in [-0.15, -0.1) is 12.4 Å². The highest BCUT2D eigenvalue weighted by Gasteiger charge is 2.04. The molecule has 98 valence electrons. The summed E-state index contributed by atoms with van der Waals surface area (Å²) in [6.07, 6.45) is 0. The van der Waals surface area contributed by atoms with Crippen LogP contribution in [0.4, 0.5) is 0 Å². The van der Waals surface area contributed by atoms with Crippen LogP contribution in [0.25, 0.3) is 0 Å². The zero-order valence-electron chi connectivity index (χ0n) is 10.6. The summed E-state index contributed by atoms with van der Waals surface area (Å²) >= 11 is 5.98. The Morgan fingerprint density at radius 2 is 2.06 bits per heavy atom. The average Bonchev–Trinajstić information content (AvgIpc) is 2.21. The molecule has 0 aliphatic carbocycles. The third kappa shape index (κ3) is 6.16. The second-order valence-electron chi connectivity index (χ2n) is 4.21. The van der Waals surface area contributed by atoms with Crippen molar-refractivity contribution in [1.29, 1.82) is 0 Å². The number of nitrogens with one attached hydrogen (secondary N) is 1. The molecule has 1 aromatic carbocycles. The normalized spacial score (nSPS) is 10.2. The van der Waals surface area contributed by atoms with Crippen molar-refractivity contribution in [2.75, 3.05) is 13.2 Å². The predicted octanol–water partition coefficient (Wildman–Crippen LogP) is 3.91. The molecule has 1 N–H and O–H groups in total. The fraction of sp³-hybridized carbons (Fsp3) is 0.538. The zero-order chi connectivity index (χ0) is 12.0. The molecule has 0 saturated heterocycles. The molecule has 0 bridgehead atoms. The Kier molecular flexibility index (Phi) is 8.40. The lowest BCUT2D eigenvalue weighted by molar-refractivity contribution is 0.335. The molecule has 0 heterocycles. The van der Waals surface area contributed by atoms with Gasteiger partial charge in [0, 0.05) is 17.1 Å². The minimum absolute atomic E-state index is 0. The number of halogens is 2. The maximum Gasteiger partial charge on any atom is 0.123 e. The number of benzene rings is 1. The molecular weight excluding hydrogens is 257 g/mol. The van der Waals surface area contributed by atoms with Crippen LogP contribution in [0.1, 0.15) is 26.3 Å². The maximum atomic E-state index is 5.98. The van der Waals surface area contributed by atoms with E-state index in [1.807, 2.05) is 25.1 Å². The molecule has 0 unspecified atom stereocenters.